The molecule has 0 spiro atoms. The zero-order valence-corrected chi connectivity index (χ0v) is 11.9. The number of pyridine rings is 1. The molecule has 1 aromatic carbocycles. The first kappa shape index (κ1) is 14.9. The van der Waals surface area contributed by atoms with Gasteiger partial charge in [-0.2, -0.15) is 0 Å². The Morgan fingerprint density at radius 3 is 2.81 bits per heavy atom. The molecule has 0 radical (unpaired) electrons. The summed E-state index contributed by atoms with van der Waals surface area (Å²) in [6.45, 7) is 4.78. The molecule has 0 saturated carbocycles. The SMILES string of the molecule is CC(C)NCc1cncc(Oc2ccccc2[N+](=O)[O-])c1. The van der Waals surface area contributed by atoms with Crippen LogP contribution in [0.4, 0.5) is 5.69 Å². The van der Waals surface area contributed by atoms with E-state index in [1.165, 1.54) is 12.3 Å². The monoisotopic (exact) mass is 287 g/mol. The van der Waals surface area contributed by atoms with Crippen molar-refractivity contribution in [3.05, 3.63) is 58.4 Å². The maximum absolute atomic E-state index is 11.0. The van der Waals surface area contributed by atoms with E-state index in [-0.39, 0.29) is 11.4 Å². The number of benzene rings is 1. The standard InChI is InChI=1S/C15H17N3O3/c1-11(2)17-9-12-7-13(10-16-8-12)21-15-6-4-3-5-14(15)18(19)20/h3-8,10-11,17H,9H2,1-2H3. The quantitative estimate of drug-likeness (QED) is 0.651. The topological polar surface area (TPSA) is 77.3 Å². The van der Waals surface area contributed by atoms with Gasteiger partial charge in [0.25, 0.3) is 0 Å². The lowest BCUT2D eigenvalue weighted by Crippen LogP contribution is -2.21. The van der Waals surface area contributed by atoms with Crippen LogP contribution in [0.5, 0.6) is 11.5 Å². The molecule has 21 heavy (non-hydrogen) atoms. The van der Waals surface area contributed by atoms with Crippen molar-refractivity contribution in [3.8, 4) is 11.5 Å². The first-order valence-electron chi connectivity index (χ1n) is 6.65. The second kappa shape index (κ2) is 6.81. The van der Waals surface area contributed by atoms with E-state index in [9.17, 15) is 10.1 Å². The van der Waals surface area contributed by atoms with Crippen LogP contribution in [0.3, 0.4) is 0 Å². The number of aromatic nitrogens is 1. The van der Waals surface area contributed by atoms with Crippen molar-refractivity contribution in [1.29, 1.82) is 0 Å². The van der Waals surface area contributed by atoms with Crippen LogP contribution in [0.1, 0.15) is 19.4 Å². The summed E-state index contributed by atoms with van der Waals surface area (Å²) in [4.78, 5) is 14.6. The minimum atomic E-state index is -0.465. The number of nitrogens with zero attached hydrogens (tertiary/aromatic N) is 2. The summed E-state index contributed by atoms with van der Waals surface area (Å²) in [5.74, 6) is 0.686. The fourth-order valence-corrected chi connectivity index (χ4v) is 1.76. The van der Waals surface area contributed by atoms with Crippen LogP contribution in [0.15, 0.2) is 42.7 Å². The van der Waals surface area contributed by atoms with Crippen molar-refractivity contribution in [2.75, 3.05) is 0 Å². The van der Waals surface area contributed by atoms with Crippen LogP contribution in [0.25, 0.3) is 0 Å². The number of hydrogen-bond donors (Lipinski definition) is 1. The summed E-state index contributed by atoms with van der Waals surface area (Å²) >= 11 is 0. The molecule has 0 aliphatic heterocycles. The maximum Gasteiger partial charge on any atom is 0.311 e. The van der Waals surface area contributed by atoms with Crippen molar-refractivity contribution >= 4 is 5.69 Å². The molecule has 0 aliphatic rings. The van der Waals surface area contributed by atoms with Crippen molar-refractivity contribution in [2.45, 2.75) is 26.4 Å². The molecule has 1 N–H and O–H groups in total. The fourth-order valence-electron chi connectivity index (χ4n) is 1.76. The molecule has 1 heterocycles. The Morgan fingerprint density at radius 2 is 2.10 bits per heavy atom. The molecule has 0 saturated heterocycles. The highest BCUT2D eigenvalue weighted by atomic mass is 16.6. The van der Waals surface area contributed by atoms with Crippen LogP contribution in [-0.4, -0.2) is 15.9 Å². The number of hydrogen-bond acceptors (Lipinski definition) is 5. The van der Waals surface area contributed by atoms with Crippen molar-refractivity contribution in [1.82, 2.24) is 10.3 Å². The van der Waals surface area contributed by atoms with Gasteiger partial charge in [-0.15, -0.1) is 0 Å². The van der Waals surface area contributed by atoms with Gasteiger partial charge < -0.3 is 10.1 Å². The van der Waals surface area contributed by atoms with Gasteiger partial charge in [0.05, 0.1) is 11.1 Å². The molecule has 0 bridgehead atoms. The predicted molar refractivity (Wildman–Crippen MR) is 79.4 cm³/mol. The molecule has 0 atom stereocenters. The predicted octanol–water partition coefficient (Wildman–Crippen LogP) is 3.28. The first-order chi connectivity index (χ1) is 10.1. The van der Waals surface area contributed by atoms with Crippen LogP contribution in [0, 0.1) is 10.1 Å². The zero-order chi connectivity index (χ0) is 15.2. The third-order valence-corrected chi connectivity index (χ3v) is 2.77. The van der Waals surface area contributed by atoms with E-state index in [4.69, 9.17) is 4.74 Å². The summed E-state index contributed by atoms with van der Waals surface area (Å²) in [6, 6.07) is 8.46. The molecule has 0 unspecified atom stereocenters. The number of nitro groups is 1. The highest BCUT2D eigenvalue weighted by molar-refractivity contribution is 5.48. The third kappa shape index (κ3) is 4.25. The molecule has 2 aromatic rings. The number of para-hydroxylation sites is 2. The minimum absolute atomic E-state index is 0.0665. The summed E-state index contributed by atoms with van der Waals surface area (Å²) in [7, 11) is 0. The van der Waals surface area contributed by atoms with Gasteiger partial charge in [-0.1, -0.05) is 26.0 Å². The summed E-state index contributed by atoms with van der Waals surface area (Å²) < 4.78 is 5.59. The number of nitrogens with one attached hydrogen (secondary N) is 1. The van der Waals surface area contributed by atoms with E-state index >= 15 is 0 Å². The summed E-state index contributed by atoms with van der Waals surface area (Å²) in [5.41, 5.74) is 0.892. The highest BCUT2D eigenvalue weighted by Crippen LogP contribution is 2.30. The lowest BCUT2D eigenvalue weighted by Gasteiger charge is -2.10. The van der Waals surface area contributed by atoms with Crippen molar-refractivity contribution < 1.29 is 9.66 Å². The van der Waals surface area contributed by atoms with E-state index in [1.54, 1.807) is 24.4 Å². The number of nitro benzene ring substituents is 1. The Labute approximate surface area is 122 Å². The van der Waals surface area contributed by atoms with Crippen molar-refractivity contribution in [3.63, 3.8) is 0 Å². The summed E-state index contributed by atoms with van der Waals surface area (Å²) in [6.07, 6.45) is 3.28. The average molecular weight is 287 g/mol. The molecule has 0 amide bonds. The molecule has 6 nitrogen and oxygen atoms in total. The summed E-state index contributed by atoms with van der Waals surface area (Å²) in [5, 5.41) is 14.2. The Bertz CT molecular complexity index is 629. The maximum atomic E-state index is 11.0. The van der Waals surface area contributed by atoms with E-state index in [0.29, 0.717) is 18.3 Å². The normalized spacial score (nSPS) is 10.6. The lowest BCUT2D eigenvalue weighted by atomic mass is 10.2. The smallest absolute Gasteiger partial charge is 0.311 e. The number of rotatable bonds is 6. The van der Waals surface area contributed by atoms with Gasteiger partial charge in [-0.05, 0) is 17.7 Å². The van der Waals surface area contributed by atoms with Gasteiger partial charge in [-0.3, -0.25) is 15.1 Å². The Morgan fingerprint density at radius 1 is 1.33 bits per heavy atom. The third-order valence-electron chi connectivity index (χ3n) is 2.77. The second-order valence-electron chi connectivity index (χ2n) is 4.89. The van der Waals surface area contributed by atoms with Crippen LogP contribution in [0.2, 0.25) is 0 Å². The van der Waals surface area contributed by atoms with E-state index in [1.807, 2.05) is 6.07 Å². The van der Waals surface area contributed by atoms with Gasteiger partial charge in [0.1, 0.15) is 5.75 Å². The zero-order valence-electron chi connectivity index (χ0n) is 11.9. The van der Waals surface area contributed by atoms with Gasteiger partial charge in [0.2, 0.25) is 5.75 Å². The van der Waals surface area contributed by atoms with Crippen LogP contribution >= 0.6 is 0 Å². The molecular weight excluding hydrogens is 270 g/mol. The minimum Gasteiger partial charge on any atom is -0.448 e. The van der Waals surface area contributed by atoms with E-state index < -0.39 is 4.92 Å². The first-order valence-corrected chi connectivity index (χ1v) is 6.65. The van der Waals surface area contributed by atoms with Gasteiger partial charge in [0, 0.05) is 24.8 Å². The number of ether oxygens (including phenoxy) is 1. The molecule has 6 heteroatoms. The fraction of sp³-hybridized carbons (Fsp3) is 0.267. The molecule has 2 rings (SSSR count). The molecule has 0 fully saturated rings. The van der Waals surface area contributed by atoms with Crippen LogP contribution in [-0.2, 0) is 6.54 Å². The molecule has 0 aliphatic carbocycles. The molecule has 1 aromatic heterocycles. The van der Waals surface area contributed by atoms with E-state index in [0.717, 1.165) is 5.56 Å². The Hall–Kier alpha value is -2.47. The lowest BCUT2D eigenvalue weighted by molar-refractivity contribution is -0.385. The molecule has 110 valence electrons. The Kier molecular flexibility index (Phi) is 4.84. The van der Waals surface area contributed by atoms with Crippen molar-refractivity contribution in [2.24, 2.45) is 0 Å². The average Bonchev–Trinajstić information content (AvgIpc) is 2.46. The van der Waals surface area contributed by atoms with Gasteiger partial charge in [0.15, 0.2) is 0 Å². The highest BCUT2D eigenvalue weighted by Gasteiger charge is 2.14. The van der Waals surface area contributed by atoms with Gasteiger partial charge in [-0.25, -0.2) is 0 Å². The van der Waals surface area contributed by atoms with Gasteiger partial charge >= 0.3 is 5.69 Å². The second-order valence-corrected chi connectivity index (χ2v) is 4.89. The largest absolute Gasteiger partial charge is 0.448 e. The Balaban J connectivity index is 2.16. The molecular formula is C15H17N3O3. The van der Waals surface area contributed by atoms with E-state index in [2.05, 4.69) is 24.1 Å². The van der Waals surface area contributed by atoms with Crippen LogP contribution < -0.4 is 10.1 Å².